The van der Waals surface area contributed by atoms with Gasteiger partial charge in [-0.2, -0.15) is 0 Å². The third kappa shape index (κ3) is 4.35. The van der Waals surface area contributed by atoms with E-state index in [0.29, 0.717) is 5.92 Å². The fourth-order valence-corrected chi connectivity index (χ4v) is 2.35. The van der Waals surface area contributed by atoms with Crippen molar-refractivity contribution in [3.63, 3.8) is 0 Å². The lowest BCUT2D eigenvalue weighted by atomic mass is 9.91. The SMILES string of the molecule is CC(C)CC(CN)Cc1ccccc1Br. The molecule has 1 aromatic carbocycles. The molecule has 0 amide bonds. The number of benzene rings is 1. The third-order valence-corrected chi connectivity index (χ3v) is 3.38. The number of hydrogen-bond acceptors (Lipinski definition) is 1. The summed E-state index contributed by atoms with van der Waals surface area (Å²) in [5.74, 6) is 1.32. The van der Waals surface area contributed by atoms with Crippen molar-refractivity contribution in [3.8, 4) is 0 Å². The zero-order valence-electron chi connectivity index (χ0n) is 9.54. The molecule has 2 heteroatoms. The van der Waals surface area contributed by atoms with Gasteiger partial charge in [0.05, 0.1) is 0 Å². The number of rotatable bonds is 5. The maximum absolute atomic E-state index is 5.80. The monoisotopic (exact) mass is 269 g/mol. The van der Waals surface area contributed by atoms with Crippen LogP contribution in [-0.4, -0.2) is 6.54 Å². The summed E-state index contributed by atoms with van der Waals surface area (Å²) in [6.45, 7) is 5.28. The lowest BCUT2D eigenvalue weighted by molar-refractivity contribution is 0.414. The Hall–Kier alpha value is -0.340. The highest BCUT2D eigenvalue weighted by atomic mass is 79.9. The lowest BCUT2D eigenvalue weighted by Gasteiger charge is -2.17. The fourth-order valence-electron chi connectivity index (χ4n) is 1.90. The topological polar surface area (TPSA) is 26.0 Å². The predicted octanol–water partition coefficient (Wildman–Crippen LogP) is 3.61. The number of nitrogens with two attached hydrogens (primary N) is 1. The molecule has 84 valence electrons. The molecule has 0 radical (unpaired) electrons. The Morgan fingerprint density at radius 3 is 2.47 bits per heavy atom. The van der Waals surface area contributed by atoms with Gasteiger partial charge in [-0.15, -0.1) is 0 Å². The first-order valence-corrected chi connectivity index (χ1v) is 6.36. The van der Waals surface area contributed by atoms with Gasteiger partial charge in [0.1, 0.15) is 0 Å². The van der Waals surface area contributed by atoms with Crippen LogP contribution in [0.2, 0.25) is 0 Å². The van der Waals surface area contributed by atoms with Crippen molar-refractivity contribution in [1.29, 1.82) is 0 Å². The van der Waals surface area contributed by atoms with Gasteiger partial charge in [0.2, 0.25) is 0 Å². The summed E-state index contributed by atoms with van der Waals surface area (Å²) in [5.41, 5.74) is 7.17. The summed E-state index contributed by atoms with van der Waals surface area (Å²) < 4.78 is 1.20. The Bertz CT molecular complexity index is 296. The smallest absolute Gasteiger partial charge is 0.0207 e. The van der Waals surface area contributed by atoms with Crippen molar-refractivity contribution in [2.24, 2.45) is 17.6 Å². The third-order valence-electron chi connectivity index (χ3n) is 2.60. The minimum absolute atomic E-state index is 0.601. The Morgan fingerprint density at radius 2 is 1.93 bits per heavy atom. The molecule has 0 aliphatic heterocycles. The molecule has 15 heavy (non-hydrogen) atoms. The first-order valence-electron chi connectivity index (χ1n) is 5.57. The first-order chi connectivity index (χ1) is 7.13. The van der Waals surface area contributed by atoms with Crippen LogP contribution in [0.3, 0.4) is 0 Å². The van der Waals surface area contributed by atoms with Crippen molar-refractivity contribution in [2.75, 3.05) is 6.54 Å². The van der Waals surface area contributed by atoms with Gasteiger partial charge < -0.3 is 5.73 Å². The Labute approximate surface area is 101 Å². The van der Waals surface area contributed by atoms with Crippen LogP contribution in [-0.2, 0) is 6.42 Å². The molecule has 0 spiro atoms. The highest BCUT2D eigenvalue weighted by molar-refractivity contribution is 9.10. The van der Waals surface area contributed by atoms with E-state index in [1.165, 1.54) is 16.5 Å². The predicted molar refractivity (Wildman–Crippen MR) is 69.8 cm³/mol. The molecular formula is C13H20BrN. The summed E-state index contributed by atoms with van der Waals surface area (Å²) in [6, 6.07) is 8.40. The van der Waals surface area contributed by atoms with Crippen LogP contribution in [0.5, 0.6) is 0 Å². The quantitative estimate of drug-likeness (QED) is 0.869. The summed E-state index contributed by atoms with van der Waals surface area (Å²) in [6.07, 6.45) is 2.29. The van der Waals surface area contributed by atoms with Gasteiger partial charge in [0.25, 0.3) is 0 Å². The molecular weight excluding hydrogens is 250 g/mol. The van der Waals surface area contributed by atoms with Gasteiger partial charge in [-0.25, -0.2) is 0 Å². The summed E-state index contributed by atoms with van der Waals surface area (Å²) in [5, 5.41) is 0. The van der Waals surface area contributed by atoms with Crippen molar-refractivity contribution in [1.82, 2.24) is 0 Å². The van der Waals surface area contributed by atoms with Gasteiger partial charge in [-0.3, -0.25) is 0 Å². The van der Waals surface area contributed by atoms with E-state index >= 15 is 0 Å². The van der Waals surface area contributed by atoms with E-state index in [9.17, 15) is 0 Å². The maximum Gasteiger partial charge on any atom is 0.0207 e. The van der Waals surface area contributed by atoms with Crippen LogP contribution >= 0.6 is 15.9 Å². The molecule has 2 N–H and O–H groups in total. The minimum Gasteiger partial charge on any atom is -0.330 e. The lowest BCUT2D eigenvalue weighted by Crippen LogP contribution is -2.19. The molecule has 1 unspecified atom stereocenters. The van der Waals surface area contributed by atoms with E-state index in [1.807, 2.05) is 6.07 Å². The van der Waals surface area contributed by atoms with Crippen LogP contribution in [0.25, 0.3) is 0 Å². The van der Waals surface area contributed by atoms with Crippen molar-refractivity contribution >= 4 is 15.9 Å². The van der Waals surface area contributed by atoms with Crippen LogP contribution in [0.1, 0.15) is 25.8 Å². The average Bonchev–Trinajstić information content (AvgIpc) is 2.19. The Kier molecular flexibility index (Phi) is 5.34. The molecule has 0 heterocycles. The highest BCUT2D eigenvalue weighted by Crippen LogP contribution is 2.22. The van der Waals surface area contributed by atoms with Crippen molar-refractivity contribution < 1.29 is 0 Å². The zero-order valence-corrected chi connectivity index (χ0v) is 11.1. The van der Waals surface area contributed by atoms with Gasteiger partial charge >= 0.3 is 0 Å². The molecule has 0 saturated carbocycles. The van der Waals surface area contributed by atoms with Crippen LogP contribution < -0.4 is 5.73 Å². The Balaban J connectivity index is 2.62. The van der Waals surface area contributed by atoms with E-state index in [2.05, 4.69) is 48.0 Å². The number of halogens is 1. The zero-order chi connectivity index (χ0) is 11.3. The van der Waals surface area contributed by atoms with E-state index in [-0.39, 0.29) is 0 Å². The first kappa shape index (κ1) is 12.7. The minimum atomic E-state index is 0.601. The molecule has 0 aliphatic rings. The van der Waals surface area contributed by atoms with E-state index < -0.39 is 0 Å². The molecule has 0 aromatic heterocycles. The van der Waals surface area contributed by atoms with Gasteiger partial charge in [-0.1, -0.05) is 48.0 Å². The molecule has 1 rings (SSSR count). The fraction of sp³-hybridized carbons (Fsp3) is 0.538. The van der Waals surface area contributed by atoms with Crippen LogP contribution in [0.4, 0.5) is 0 Å². The molecule has 0 bridgehead atoms. The van der Waals surface area contributed by atoms with Gasteiger partial charge in [0, 0.05) is 4.47 Å². The largest absolute Gasteiger partial charge is 0.330 e. The van der Waals surface area contributed by atoms with E-state index in [0.717, 1.165) is 18.9 Å². The van der Waals surface area contributed by atoms with Gasteiger partial charge in [0.15, 0.2) is 0 Å². The van der Waals surface area contributed by atoms with Crippen LogP contribution in [0, 0.1) is 11.8 Å². The Morgan fingerprint density at radius 1 is 1.27 bits per heavy atom. The molecule has 0 fully saturated rings. The molecule has 0 aliphatic carbocycles. The molecule has 1 aromatic rings. The summed E-state index contributed by atoms with van der Waals surface area (Å²) in [7, 11) is 0. The standard InChI is InChI=1S/C13H20BrN/c1-10(2)7-11(9-15)8-12-5-3-4-6-13(12)14/h3-6,10-11H,7-9,15H2,1-2H3. The highest BCUT2D eigenvalue weighted by Gasteiger charge is 2.11. The van der Waals surface area contributed by atoms with Crippen molar-refractivity contribution in [2.45, 2.75) is 26.7 Å². The van der Waals surface area contributed by atoms with Gasteiger partial charge in [-0.05, 0) is 42.9 Å². The summed E-state index contributed by atoms with van der Waals surface area (Å²) in [4.78, 5) is 0. The molecule has 0 saturated heterocycles. The molecule has 1 nitrogen and oxygen atoms in total. The summed E-state index contributed by atoms with van der Waals surface area (Å²) >= 11 is 3.58. The second kappa shape index (κ2) is 6.29. The number of hydrogen-bond donors (Lipinski definition) is 1. The van der Waals surface area contributed by atoms with E-state index in [1.54, 1.807) is 0 Å². The van der Waals surface area contributed by atoms with Crippen molar-refractivity contribution in [3.05, 3.63) is 34.3 Å². The molecule has 1 atom stereocenters. The second-order valence-electron chi connectivity index (χ2n) is 4.53. The van der Waals surface area contributed by atoms with Crippen LogP contribution in [0.15, 0.2) is 28.7 Å². The maximum atomic E-state index is 5.80. The second-order valence-corrected chi connectivity index (χ2v) is 5.38. The van der Waals surface area contributed by atoms with E-state index in [4.69, 9.17) is 5.73 Å². The normalized spacial score (nSPS) is 13.1. The average molecular weight is 270 g/mol.